The Balaban J connectivity index is 1.95. The van der Waals surface area contributed by atoms with Crippen molar-refractivity contribution in [2.24, 2.45) is 5.14 Å². The van der Waals surface area contributed by atoms with Gasteiger partial charge in [0.15, 0.2) is 15.1 Å². The van der Waals surface area contributed by atoms with Gasteiger partial charge in [-0.2, -0.15) is 4.39 Å². The molecule has 1 aromatic carbocycles. The molecule has 3 N–H and O–H groups in total. The van der Waals surface area contributed by atoms with Gasteiger partial charge in [0.2, 0.25) is 21.9 Å². The third-order valence-corrected chi connectivity index (χ3v) is 7.63. The number of halogens is 1. The van der Waals surface area contributed by atoms with Crippen LogP contribution < -0.4 is 10.5 Å². The van der Waals surface area contributed by atoms with Gasteiger partial charge in [0.1, 0.15) is 5.01 Å². The third-order valence-electron chi connectivity index (χ3n) is 4.33. The summed E-state index contributed by atoms with van der Waals surface area (Å²) in [4.78, 5) is 20.5. The maximum atomic E-state index is 13.4. The van der Waals surface area contributed by atoms with E-state index in [1.807, 2.05) is 0 Å². The number of amides is 1. The molecule has 0 bridgehead atoms. The number of benzene rings is 1. The van der Waals surface area contributed by atoms with Gasteiger partial charge in [-0.15, -0.1) is 11.3 Å². The molecule has 0 fully saturated rings. The van der Waals surface area contributed by atoms with E-state index < -0.39 is 42.7 Å². The number of sulfonamides is 1. The summed E-state index contributed by atoms with van der Waals surface area (Å²) in [5, 5.41) is 5.63. The molecule has 2 heterocycles. The van der Waals surface area contributed by atoms with E-state index in [1.165, 1.54) is 6.20 Å². The van der Waals surface area contributed by atoms with Crippen LogP contribution in [0.25, 0.3) is 21.3 Å². The van der Waals surface area contributed by atoms with Crippen LogP contribution in [0.2, 0.25) is 0 Å². The molecule has 13 heteroatoms. The second-order valence-electron chi connectivity index (χ2n) is 6.93. The maximum Gasteiger partial charge on any atom is 0.245 e. The van der Waals surface area contributed by atoms with Crippen molar-refractivity contribution in [1.29, 1.82) is 0 Å². The van der Waals surface area contributed by atoms with Crippen LogP contribution in [0.1, 0.15) is 15.8 Å². The minimum absolute atomic E-state index is 0.0520. The van der Waals surface area contributed by atoms with E-state index >= 15 is 0 Å². The predicted octanol–water partition coefficient (Wildman–Crippen LogP) is 1.30. The lowest BCUT2D eigenvalue weighted by Gasteiger charge is -2.12. The highest BCUT2D eigenvalue weighted by Gasteiger charge is 2.34. The van der Waals surface area contributed by atoms with E-state index in [9.17, 15) is 26.0 Å². The number of hydrogen-bond acceptors (Lipinski definition) is 8. The number of fused-ring (bicyclic) bond motifs is 1. The van der Waals surface area contributed by atoms with Gasteiger partial charge in [0, 0.05) is 30.1 Å². The lowest BCUT2D eigenvalue weighted by atomic mass is 10.1. The van der Waals surface area contributed by atoms with Crippen molar-refractivity contribution in [2.45, 2.75) is 12.2 Å². The van der Waals surface area contributed by atoms with Gasteiger partial charge in [-0.25, -0.2) is 31.9 Å². The molecule has 0 saturated heterocycles. The average molecular weight is 487 g/mol. The van der Waals surface area contributed by atoms with Gasteiger partial charge in [0.25, 0.3) is 0 Å². The van der Waals surface area contributed by atoms with E-state index in [1.54, 1.807) is 31.2 Å². The Bertz CT molecular complexity index is 1370. The lowest BCUT2D eigenvalue weighted by molar-refractivity contribution is -0.120. The van der Waals surface area contributed by atoms with Crippen molar-refractivity contribution in [1.82, 2.24) is 15.3 Å². The summed E-state index contributed by atoms with van der Waals surface area (Å²) in [7, 11) is -7.71. The molecule has 2 aromatic heterocycles. The molecule has 0 aliphatic heterocycles. The SMILES string of the molecule is Cc1cc(-c2ccc3nc(C(C(=O)NCCS(N)(=O)=O)S(C)(=O)=O)sc3c2)cnc1F. The zero-order chi connectivity index (χ0) is 23.0. The topological polar surface area (TPSA) is 149 Å². The van der Waals surface area contributed by atoms with Crippen LogP contribution in [0.15, 0.2) is 30.5 Å². The van der Waals surface area contributed by atoms with Crippen molar-refractivity contribution < 1.29 is 26.0 Å². The Kier molecular flexibility index (Phi) is 6.41. The molecule has 0 aliphatic carbocycles. The number of nitrogens with one attached hydrogen (secondary N) is 1. The number of pyridine rings is 1. The number of nitrogens with zero attached hydrogens (tertiary/aromatic N) is 2. The van der Waals surface area contributed by atoms with Crippen molar-refractivity contribution in [3.05, 3.63) is 47.0 Å². The number of hydrogen-bond donors (Lipinski definition) is 2. The number of sulfone groups is 1. The molecule has 0 saturated carbocycles. The zero-order valence-corrected chi connectivity index (χ0v) is 18.9. The molecule has 1 amide bonds. The van der Waals surface area contributed by atoms with Crippen molar-refractivity contribution >= 4 is 47.3 Å². The quantitative estimate of drug-likeness (QED) is 0.478. The Morgan fingerprint density at radius 3 is 2.55 bits per heavy atom. The Labute approximate surface area is 182 Å². The van der Waals surface area contributed by atoms with E-state index in [4.69, 9.17) is 5.14 Å². The number of carbonyl (C=O) groups excluding carboxylic acids is 1. The standard InChI is InChI=1S/C18H19FN4O5S3/c1-10-7-12(9-22-16(10)19)11-3-4-13-14(8-11)29-18(23-13)15(30(2,25)26)17(24)21-5-6-31(20,27)28/h3-4,7-9,15H,5-6H2,1-2H3,(H,21,24)(H2,20,27,28). The molecule has 1 unspecified atom stereocenters. The predicted molar refractivity (Wildman–Crippen MR) is 116 cm³/mol. The smallest absolute Gasteiger partial charge is 0.245 e. The summed E-state index contributed by atoms with van der Waals surface area (Å²) in [6.45, 7) is 1.27. The van der Waals surface area contributed by atoms with Gasteiger partial charge in [0.05, 0.1) is 16.0 Å². The molecule has 9 nitrogen and oxygen atoms in total. The molecule has 0 spiro atoms. The van der Waals surface area contributed by atoms with Crippen LogP contribution >= 0.6 is 11.3 Å². The lowest BCUT2D eigenvalue weighted by Crippen LogP contribution is -2.37. The second-order valence-corrected chi connectivity index (χ2v) is 11.9. The number of aromatic nitrogens is 2. The van der Waals surface area contributed by atoms with E-state index in [-0.39, 0.29) is 11.6 Å². The Morgan fingerprint density at radius 1 is 1.23 bits per heavy atom. The third kappa shape index (κ3) is 5.61. The first-order valence-corrected chi connectivity index (χ1v) is 13.3. The Morgan fingerprint density at radius 2 is 1.94 bits per heavy atom. The highest BCUT2D eigenvalue weighted by atomic mass is 32.2. The minimum Gasteiger partial charge on any atom is -0.354 e. The molecule has 3 rings (SSSR count). The first-order valence-electron chi connectivity index (χ1n) is 8.85. The molecule has 0 radical (unpaired) electrons. The van der Waals surface area contributed by atoms with Gasteiger partial charge in [-0.1, -0.05) is 6.07 Å². The highest BCUT2D eigenvalue weighted by molar-refractivity contribution is 7.91. The summed E-state index contributed by atoms with van der Waals surface area (Å²) in [6.07, 6.45) is 2.30. The summed E-state index contributed by atoms with van der Waals surface area (Å²) < 4.78 is 60.7. The maximum absolute atomic E-state index is 13.4. The van der Waals surface area contributed by atoms with Crippen molar-refractivity contribution in [2.75, 3.05) is 18.6 Å². The summed E-state index contributed by atoms with van der Waals surface area (Å²) in [6, 6.07) is 6.80. The molecule has 0 aliphatic rings. The molecular formula is C18H19FN4O5S3. The summed E-state index contributed by atoms with van der Waals surface area (Å²) in [5.74, 6) is -1.97. The van der Waals surface area contributed by atoms with Crippen LogP contribution in [-0.4, -0.2) is 51.3 Å². The van der Waals surface area contributed by atoms with Gasteiger partial charge < -0.3 is 5.32 Å². The fourth-order valence-electron chi connectivity index (χ4n) is 2.85. The fraction of sp³-hybridized carbons (Fsp3) is 0.278. The minimum atomic E-state index is -3.90. The van der Waals surface area contributed by atoms with Crippen LogP contribution in [0, 0.1) is 12.9 Å². The van der Waals surface area contributed by atoms with Gasteiger partial charge >= 0.3 is 0 Å². The number of primary sulfonamides is 1. The van der Waals surface area contributed by atoms with E-state index in [2.05, 4.69) is 15.3 Å². The molecular weight excluding hydrogens is 467 g/mol. The second kappa shape index (κ2) is 8.57. The van der Waals surface area contributed by atoms with Gasteiger partial charge in [-0.3, -0.25) is 4.79 Å². The van der Waals surface area contributed by atoms with E-state index in [0.717, 1.165) is 23.2 Å². The largest absolute Gasteiger partial charge is 0.354 e. The average Bonchev–Trinajstić information content (AvgIpc) is 3.03. The van der Waals surface area contributed by atoms with Crippen LogP contribution in [-0.2, 0) is 24.7 Å². The van der Waals surface area contributed by atoms with Crippen molar-refractivity contribution in [3.8, 4) is 11.1 Å². The normalized spacial score (nSPS) is 13.3. The number of thiazole rings is 1. The molecule has 31 heavy (non-hydrogen) atoms. The van der Waals surface area contributed by atoms with Crippen LogP contribution in [0.3, 0.4) is 0 Å². The van der Waals surface area contributed by atoms with Crippen LogP contribution in [0.5, 0.6) is 0 Å². The molecule has 1 atom stereocenters. The number of aryl methyl sites for hydroxylation is 1. The molecule has 3 aromatic rings. The van der Waals surface area contributed by atoms with Gasteiger partial charge in [-0.05, 0) is 30.7 Å². The monoisotopic (exact) mass is 486 g/mol. The highest BCUT2D eigenvalue weighted by Crippen LogP contribution is 2.33. The zero-order valence-electron chi connectivity index (χ0n) is 16.5. The Hall–Kier alpha value is -2.48. The number of nitrogens with two attached hydrogens (primary N) is 1. The fourth-order valence-corrected chi connectivity index (χ4v) is 5.78. The number of rotatable bonds is 7. The molecule has 166 valence electrons. The van der Waals surface area contributed by atoms with E-state index in [0.29, 0.717) is 21.3 Å². The van der Waals surface area contributed by atoms with Crippen LogP contribution in [0.4, 0.5) is 4.39 Å². The first kappa shape index (κ1) is 23.2. The first-order chi connectivity index (χ1) is 14.3. The summed E-state index contributed by atoms with van der Waals surface area (Å²) in [5.41, 5.74) is 2.28. The number of carbonyl (C=O) groups is 1. The van der Waals surface area contributed by atoms with Crippen molar-refractivity contribution in [3.63, 3.8) is 0 Å². The summed E-state index contributed by atoms with van der Waals surface area (Å²) >= 11 is 1.03.